The number of hydrogen-bond acceptors (Lipinski definition) is 6. The Balaban J connectivity index is 2.21. The molecule has 0 spiro atoms. The summed E-state index contributed by atoms with van der Waals surface area (Å²) in [5.41, 5.74) is -2.81. The average Bonchev–Trinajstić information content (AvgIpc) is 3.11. The van der Waals surface area contributed by atoms with Gasteiger partial charge in [0.2, 0.25) is 11.5 Å². The zero-order chi connectivity index (χ0) is 22.4. The Kier molecular flexibility index (Phi) is 8.08. The first kappa shape index (κ1) is 23.9. The van der Waals surface area contributed by atoms with E-state index in [-0.39, 0.29) is 5.69 Å². The smallest absolute Gasteiger partial charge is 0.424 e. The molecule has 1 heterocycles. The Bertz CT molecular complexity index is 857. The van der Waals surface area contributed by atoms with Crippen molar-refractivity contribution in [1.29, 1.82) is 0 Å². The van der Waals surface area contributed by atoms with Gasteiger partial charge in [-0.1, -0.05) is 13.8 Å². The third kappa shape index (κ3) is 5.85. The molecular weight excluding hydrogens is 421 g/mol. The Morgan fingerprint density at radius 2 is 1.80 bits per heavy atom. The number of hydrogen-bond donors (Lipinski definition) is 2. The number of halogens is 3. The summed E-state index contributed by atoms with van der Waals surface area (Å²) in [6.45, 7) is 6.28. The molecule has 0 aliphatic carbocycles. The van der Waals surface area contributed by atoms with Gasteiger partial charge in [0.1, 0.15) is 5.01 Å². The van der Waals surface area contributed by atoms with Crippen LogP contribution in [0.4, 0.5) is 18.9 Å². The molecule has 0 aliphatic rings. The molecule has 1 amide bonds. The lowest BCUT2D eigenvalue weighted by Gasteiger charge is -2.28. The monoisotopic (exact) mass is 446 g/mol. The number of aromatic nitrogens is 1. The highest BCUT2D eigenvalue weighted by Gasteiger charge is 2.58. The van der Waals surface area contributed by atoms with E-state index < -0.39 is 29.1 Å². The number of aliphatic hydroxyl groups is 1. The van der Waals surface area contributed by atoms with E-state index in [2.05, 4.69) is 10.3 Å². The highest BCUT2D eigenvalue weighted by Crippen LogP contribution is 2.43. The molecule has 0 saturated carbocycles. The van der Waals surface area contributed by atoms with Crippen LogP contribution in [0.15, 0.2) is 23.6 Å². The molecule has 1 unspecified atom stereocenters. The minimum absolute atomic E-state index is 0.231. The minimum Gasteiger partial charge on any atom is -0.490 e. The number of nitrogens with zero attached hydrogens (tertiary/aromatic N) is 1. The summed E-state index contributed by atoms with van der Waals surface area (Å²) in [6.07, 6.45) is -4.75. The van der Waals surface area contributed by atoms with Crippen LogP contribution in [0.2, 0.25) is 0 Å². The number of amides is 1. The second-order valence-electron chi connectivity index (χ2n) is 6.74. The van der Waals surface area contributed by atoms with Crippen molar-refractivity contribution in [3.63, 3.8) is 0 Å². The fourth-order valence-electron chi connectivity index (χ4n) is 2.52. The van der Waals surface area contributed by atoms with Crippen LogP contribution in [-0.4, -0.2) is 35.4 Å². The predicted molar refractivity (Wildman–Crippen MR) is 108 cm³/mol. The van der Waals surface area contributed by atoms with Gasteiger partial charge in [-0.3, -0.25) is 4.79 Å². The molecule has 2 rings (SSSR count). The van der Waals surface area contributed by atoms with Crippen molar-refractivity contribution in [1.82, 2.24) is 4.98 Å². The number of anilines is 1. The van der Waals surface area contributed by atoms with Gasteiger partial charge in [0.05, 0.1) is 19.6 Å². The van der Waals surface area contributed by atoms with Gasteiger partial charge in [-0.2, -0.15) is 13.2 Å². The van der Waals surface area contributed by atoms with Gasteiger partial charge >= 0.3 is 6.18 Å². The van der Waals surface area contributed by atoms with E-state index in [4.69, 9.17) is 9.47 Å². The lowest BCUT2D eigenvalue weighted by Crippen LogP contribution is -2.45. The Morgan fingerprint density at radius 3 is 2.33 bits per heavy atom. The largest absolute Gasteiger partial charge is 0.490 e. The number of aryl methyl sites for hydroxylation is 1. The number of alkyl halides is 3. The molecule has 0 fully saturated rings. The Morgan fingerprint density at radius 1 is 1.17 bits per heavy atom. The van der Waals surface area contributed by atoms with Crippen LogP contribution in [0.25, 0.3) is 0 Å². The lowest BCUT2D eigenvalue weighted by atomic mass is 9.99. The van der Waals surface area contributed by atoms with Crippen LogP contribution in [0.5, 0.6) is 11.5 Å². The number of benzene rings is 1. The van der Waals surface area contributed by atoms with Crippen LogP contribution in [-0.2, 0) is 10.4 Å². The molecule has 0 saturated heterocycles. The van der Waals surface area contributed by atoms with Crippen molar-refractivity contribution in [2.24, 2.45) is 0 Å². The van der Waals surface area contributed by atoms with Gasteiger partial charge in [0, 0.05) is 22.8 Å². The quantitative estimate of drug-likeness (QED) is 0.548. The van der Waals surface area contributed by atoms with Crippen LogP contribution >= 0.6 is 11.3 Å². The molecule has 0 aliphatic heterocycles. The Labute approximate surface area is 177 Å². The van der Waals surface area contributed by atoms with Crippen molar-refractivity contribution < 1.29 is 32.5 Å². The van der Waals surface area contributed by atoms with Crippen molar-refractivity contribution in [2.45, 2.75) is 51.8 Å². The second-order valence-corrected chi connectivity index (χ2v) is 7.59. The van der Waals surface area contributed by atoms with E-state index in [0.717, 1.165) is 12.8 Å². The number of ether oxygens (including phenoxy) is 2. The van der Waals surface area contributed by atoms with Crippen molar-refractivity contribution >= 4 is 22.9 Å². The SMILES string of the molecule is CCCOc1ccc(NC(=O)CC(O)(c2nc(C)cs2)C(F)(F)F)cc1OCCC. The van der Waals surface area contributed by atoms with Gasteiger partial charge in [0.25, 0.3) is 0 Å². The summed E-state index contributed by atoms with van der Waals surface area (Å²) in [5.74, 6) is -0.149. The molecule has 1 aromatic carbocycles. The summed E-state index contributed by atoms with van der Waals surface area (Å²) < 4.78 is 51.9. The van der Waals surface area contributed by atoms with Crippen LogP contribution < -0.4 is 14.8 Å². The summed E-state index contributed by atoms with van der Waals surface area (Å²) >= 11 is 0.655. The maximum atomic E-state index is 13.6. The highest BCUT2D eigenvalue weighted by atomic mass is 32.1. The summed E-state index contributed by atoms with van der Waals surface area (Å²) in [6, 6.07) is 4.57. The van der Waals surface area contributed by atoms with Crippen LogP contribution in [0.1, 0.15) is 43.8 Å². The van der Waals surface area contributed by atoms with Crippen LogP contribution in [0.3, 0.4) is 0 Å². The molecule has 2 N–H and O–H groups in total. The average molecular weight is 446 g/mol. The van der Waals surface area contributed by atoms with Crippen molar-refractivity contribution in [2.75, 3.05) is 18.5 Å². The zero-order valence-corrected chi connectivity index (χ0v) is 17.8. The third-order valence-corrected chi connectivity index (χ3v) is 5.12. The standard InChI is InChI=1S/C20H25F3N2O4S/c1-4-8-28-15-7-6-14(10-16(15)29-9-5-2)25-17(26)11-19(27,20(21,22)23)18-24-13(3)12-30-18/h6-7,10,12,27H,4-5,8-9,11H2,1-3H3,(H,25,26). The van der Waals surface area contributed by atoms with Gasteiger partial charge < -0.3 is 19.9 Å². The van der Waals surface area contributed by atoms with E-state index in [1.807, 2.05) is 13.8 Å². The van der Waals surface area contributed by atoms with E-state index >= 15 is 0 Å². The molecule has 1 atom stereocenters. The molecule has 10 heteroatoms. The maximum absolute atomic E-state index is 13.6. The molecule has 30 heavy (non-hydrogen) atoms. The topological polar surface area (TPSA) is 80.7 Å². The normalized spacial score (nSPS) is 13.6. The Hall–Kier alpha value is -2.33. The first-order valence-electron chi connectivity index (χ1n) is 9.52. The van der Waals surface area contributed by atoms with E-state index in [1.54, 1.807) is 6.07 Å². The number of nitrogens with one attached hydrogen (secondary N) is 1. The summed E-state index contributed by atoms with van der Waals surface area (Å²) in [7, 11) is 0. The van der Waals surface area contributed by atoms with E-state index in [1.165, 1.54) is 24.4 Å². The fourth-order valence-corrected chi connectivity index (χ4v) is 3.43. The maximum Gasteiger partial charge on any atom is 0.424 e. The molecule has 2 aromatic rings. The first-order valence-corrected chi connectivity index (χ1v) is 10.4. The predicted octanol–water partition coefficient (Wildman–Crippen LogP) is 4.81. The van der Waals surface area contributed by atoms with E-state index in [0.29, 0.717) is 41.7 Å². The number of carbonyl (C=O) groups is 1. The number of carbonyl (C=O) groups excluding carboxylic acids is 1. The summed E-state index contributed by atoms with van der Waals surface area (Å²) in [4.78, 5) is 16.1. The fraction of sp³-hybridized carbons (Fsp3) is 0.500. The second kappa shape index (κ2) is 10.1. The van der Waals surface area contributed by atoms with E-state index in [9.17, 15) is 23.1 Å². The first-order chi connectivity index (χ1) is 14.1. The molecule has 0 radical (unpaired) electrons. The van der Waals surface area contributed by atoms with Gasteiger partial charge in [-0.05, 0) is 31.9 Å². The highest BCUT2D eigenvalue weighted by molar-refractivity contribution is 7.09. The van der Waals surface area contributed by atoms with Gasteiger partial charge in [-0.25, -0.2) is 4.98 Å². The molecule has 166 valence electrons. The molecule has 0 bridgehead atoms. The number of thiazole rings is 1. The molecular formula is C20H25F3N2O4S. The van der Waals surface area contributed by atoms with Crippen LogP contribution in [0, 0.1) is 6.92 Å². The minimum atomic E-state index is -5.07. The van der Waals surface area contributed by atoms with Gasteiger partial charge in [-0.15, -0.1) is 11.3 Å². The molecule has 6 nitrogen and oxygen atoms in total. The summed E-state index contributed by atoms with van der Waals surface area (Å²) in [5, 5.41) is 13.5. The zero-order valence-electron chi connectivity index (χ0n) is 17.0. The third-order valence-electron chi connectivity index (χ3n) is 4.01. The number of rotatable bonds is 10. The van der Waals surface area contributed by atoms with Crippen molar-refractivity contribution in [3.8, 4) is 11.5 Å². The molecule has 1 aromatic heterocycles. The lowest BCUT2D eigenvalue weighted by molar-refractivity contribution is -0.266. The van der Waals surface area contributed by atoms with Crippen molar-refractivity contribution in [3.05, 3.63) is 34.3 Å². The van der Waals surface area contributed by atoms with Gasteiger partial charge in [0.15, 0.2) is 11.5 Å².